The highest BCUT2D eigenvalue weighted by atomic mass is 19.1. The molecule has 4 rings (SSSR count). The lowest BCUT2D eigenvalue weighted by Crippen LogP contribution is -2.53. The van der Waals surface area contributed by atoms with Crippen LogP contribution in [0.25, 0.3) is 0 Å². The molecule has 0 aromatic rings. The molecule has 4 aliphatic carbocycles. The third kappa shape index (κ3) is 1.84. The Hall–Kier alpha value is -0.410. The molecule has 0 bridgehead atoms. The molecule has 3 heteroatoms. The summed E-state index contributed by atoms with van der Waals surface area (Å²) >= 11 is 0. The number of halogens is 1. The highest BCUT2D eigenvalue weighted by Crippen LogP contribution is 2.65. The van der Waals surface area contributed by atoms with Gasteiger partial charge in [-0.2, -0.15) is 0 Å². The minimum absolute atomic E-state index is 0.00629. The van der Waals surface area contributed by atoms with E-state index >= 15 is 0 Å². The van der Waals surface area contributed by atoms with Crippen molar-refractivity contribution in [2.24, 2.45) is 34.3 Å². The smallest absolute Gasteiger partial charge is 0.116 e. The van der Waals surface area contributed by atoms with Gasteiger partial charge < -0.3 is 10.8 Å². The van der Waals surface area contributed by atoms with Crippen molar-refractivity contribution in [2.75, 3.05) is 0 Å². The summed E-state index contributed by atoms with van der Waals surface area (Å²) in [6.45, 7) is 4.66. The van der Waals surface area contributed by atoms with Crippen LogP contribution in [0.1, 0.15) is 58.8 Å². The van der Waals surface area contributed by atoms with Crippen molar-refractivity contribution in [1.29, 1.82) is 0 Å². The summed E-state index contributed by atoms with van der Waals surface area (Å²) in [5, 5.41) is 9.98. The monoisotopic (exact) mass is 307 g/mol. The Balaban J connectivity index is 1.68. The zero-order chi connectivity index (χ0) is 15.7. The molecule has 2 nitrogen and oxygen atoms in total. The molecule has 0 heterocycles. The van der Waals surface area contributed by atoms with Gasteiger partial charge in [0.15, 0.2) is 0 Å². The fourth-order valence-electron chi connectivity index (χ4n) is 6.72. The van der Waals surface area contributed by atoms with Crippen LogP contribution in [-0.4, -0.2) is 23.4 Å². The molecule has 1 unspecified atom stereocenters. The number of allylic oxidation sites excluding steroid dienone is 1. The van der Waals surface area contributed by atoms with Gasteiger partial charge >= 0.3 is 0 Å². The van der Waals surface area contributed by atoms with E-state index in [1.54, 1.807) is 0 Å². The Kier molecular flexibility index (Phi) is 3.30. The van der Waals surface area contributed by atoms with Gasteiger partial charge in [0.05, 0.1) is 6.10 Å². The van der Waals surface area contributed by atoms with E-state index in [2.05, 4.69) is 19.9 Å². The highest BCUT2D eigenvalue weighted by molar-refractivity contribution is 5.25. The second kappa shape index (κ2) is 4.80. The van der Waals surface area contributed by atoms with Crippen molar-refractivity contribution in [3.8, 4) is 0 Å². The number of hydrogen-bond acceptors (Lipinski definition) is 2. The molecule has 0 aromatic heterocycles. The van der Waals surface area contributed by atoms with Gasteiger partial charge in [0.2, 0.25) is 0 Å². The lowest BCUT2D eigenvalue weighted by Gasteiger charge is -2.58. The molecule has 0 radical (unpaired) electrons. The molecular formula is C19H30FNO. The SMILES string of the molecule is C[C@]12CC[C@H]3[C@@H](CCC4=C[C@H](O)CC[C@@]43C)[C@@H]1CC(F)[C@@H]2N. The first-order chi connectivity index (χ1) is 10.4. The van der Waals surface area contributed by atoms with Crippen LogP contribution >= 0.6 is 0 Å². The molecule has 0 saturated heterocycles. The molecule has 0 aromatic carbocycles. The van der Waals surface area contributed by atoms with Gasteiger partial charge in [-0.3, -0.25) is 0 Å². The first-order valence-electron chi connectivity index (χ1n) is 9.15. The van der Waals surface area contributed by atoms with Crippen LogP contribution in [0.3, 0.4) is 0 Å². The molecule has 8 atom stereocenters. The van der Waals surface area contributed by atoms with E-state index in [1.165, 1.54) is 18.4 Å². The van der Waals surface area contributed by atoms with Gasteiger partial charge in [-0.15, -0.1) is 0 Å². The normalized spacial score (nSPS) is 57.6. The lowest BCUT2D eigenvalue weighted by molar-refractivity contribution is -0.0454. The molecule has 22 heavy (non-hydrogen) atoms. The van der Waals surface area contributed by atoms with Crippen molar-refractivity contribution in [1.82, 2.24) is 0 Å². The van der Waals surface area contributed by atoms with E-state index in [-0.39, 0.29) is 23.0 Å². The first kappa shape index (κ1) is 15.1. The molecule has 4 aliphatic rings. The predicted molar refractivity (Wildman–Crippen MR) is 86.0 cm³/mol. The molecule has 3 saturated carbocycles. The van der Waals surface area contributed by atoms with Gasteiger partial charge in [-0.1, -0.05) is 25.5 Å². The molecule has 3 N–H and O–H groups in total. The summed E-state index contributed by atoms with van der Waals surface area (Å²) in [7, 11) is 0. The number of alkyl halides is 1. The van der Waals surface area contributed by atoms with E-state index in [9.17, 15) is 9.50 Å². The topological polar surface area (TPSA) is 46.2 Å². The average Bonchev–Trinajstić information content (AvgIpc) is 2.72. The van der Waals surface area contributed by atoms with Gasteiger partial charge in [0.1, 0.15) is 6.17 Å². The van der Waals surface area contributed by atoms with Crippen LogP contribution in [0.2, 0.25) is 0 Å². The first-order valence-corrected chi connectivity index (χ1v) is 9.15. The minimum Gasteiger partial charge on any atom is -0.389 e. The second-order valence-corrected chi connectivity index (χ2v) is 8.95. The maximum Gasteiger partial charge on any atom is 0.116 e. The van der Waals surface area contributed by atoms with Crippen molar-refractivity contribution in [3.63, 3.8) is 0 Å². The van der Waals surface area contributed by atoms with E-state index < -0.39 is 6.17 Å². The number of nitrogens with two attached hydrogens (primary N) is 1. The summed E-state index contributed by atoms with van der Waals surface area (Å²) < 4.78 is 14.3. The van der Waals surface area contributed by atoms with Crippen LogP contribution < -0.4 is 5.73 Å². The minimum atomic E-state index is -0.813. The fraction of sp³-hybridized carbons (Fsp3) is 0.895. The van der Waals surface area contributed by atoms with Crippen molar-refractivity contribution >= 4 is 0 Å². The third-order valence-electron chi connectivity index (χ3n) is 8.16. The van der Waals surface area contributed by atoms with E-state index in [1.807, 2.05) is 0 Å². The molecule has 124 valence electrons. The molecule has 0 aliphatic heterocycles. The van der Waals surface area contributed by atoms with E-state index in [4.69, 9.17) is 5.73 Å². The standard InChI is InChI=1S/C19H30FNO/c1-18-7-5-12(22)9-11(18)3-4-13-14(18)6-8-19(2)15(13)10-16(20)17(19)21/h9,12-17,22H,3-8,10,21H2,1-2H3/t12-,13-,14+,15+,16?,17+,18+,19+/m1/s1. The molecule has 0 spiro atoms. The Bertz CT molecular complexity index is 506. The highest BCUT2D eigenvalue weighted by Gasteiger charge is 2.60. The van der Waals surface area contributed by atoms with Crippen LogP contribution in [0.15, 0.2) is 11.6 Å². The zero-order valence-electron chi connectivity index (χ0n) is 13.9. The Morgan fingerprint density at radius 1 is 1.18 bits per heavy atom. The average molecular weight is 307 g/mol. The van der Waals surface area contributed by atoms with Crippen molar-refractivity contribution in [2.45, 2.75) is 77.1 Å². The maximum absolute atomic E-state index is 14.3. The quantitative estimate of drug-likeness (QED) is 0.672. The second-order valence-electron chi connectivity index (χ2n) is 8.95. The van der Waals surface area contributed by atoms with Crippen LogP contribution in [-0.2, 0) is 0 Å². The summed E-state index contributed by atoms with van der Waals surface area (Å²) in [4.78, 5) is 0. The summed E-state index contributed by atoms with van der Waals surface area (Å²) in [5.74, 6) is 1.75. The molecular weight excluding hydrogens is 277 g/mol. The number of fused-ring (bicyclic) bond motifs is 5. The zero-order valence-corrected chi connectivity index (χ0v) is 13.9. The van der Waals surface area contributed by atoms with E-state index in [0.717, 1.165) is 25.7 Å². The third-order valence-corrected chi connectivity index (χ3v) is 8.16. The Labute approximate surface area is 133 Å². The van der Waals surface area contributed by atoms with Gasteiger partial charge in [-0.25, -0.2) is 4.39 Å². The van der Waals surface area contributed by atoms with Crippen LogP contribution in [0, 0.1) is 28.6 Å². The van der Waals surface area contributed by atoms with Crippen LogP contribution in [0.5, 0.6) is 0 Å². The van der Waals surface area contributed by atoms with E-state index in [0.29, 0.717) is 24.2 Å². The van der Waals surface area contributed by atoms with Gasteiger partial charge in [0, 0.05) is 6.04 Å². The number of aliphatic hydroxyl groups is 1. The molecule has 3 fully saturated rings. The number of aliphatic hydroxyl groups excluding tert-OH is 1. The number of hydrogen-bond donors (Lipinski definition) is 2. The Morgan fingerprint density at radius 3 is 2.73 bits per heavy atom. The van der Waals surface area contributed by atoms with Crippen LogP contribution in [0.4, 0.5) is 4.39 Å². The lowest BCUT2D eigenvalue weighted by atomic mass is 9.47. The van der Waals surface area contributed by atoms with Gasteiger partial charge in [0.25, 0.3) is 0 Å². The molecule has 0 amide bonds. The number of rotatable bonds is 0. The largest absolute Gasteiger partial charge is 0.389 e. The maximum atomic E-state index is 14.3. The van der Waals surface area contributed by atoms with Crippen molar-refractivity contribution < 1.29 is 9.50 Å². The fourth-order valence-corrected chi connectivity index (χ4v) is 6.72. The summed E-state index contributed by atoms with van der Waals surface area (Å²) in [6, 6.07) is -0.267. The van der Waals surface area contributed by atoms with Crippen molar-refractivity contribution in [3.05, 3.63) is 11.6 Å². The summed E-state index contributed by atoms with van der Waals surface area (Å²) in [5.41, 5.74) is 7.98. The Morgan fingerprint density at radius 2 is 1.95 bits per heavy atom. The predicted octanol–water partition coefficient (Wildman–Crippen LogP) is 3.59. The summed E-state index contributed by atoms with van der Waals surface area (Å²) in [6.07, 6.45) is 8.24. The van der Waals surface area contributed by atoms with Gasteiger partial charge in [-0.05, 0) is 73.5 Å².